The van der Waals surface area contributed by atoms with Gasteiger partial charge < -0.3 is 4.70 Å². The minimum absolute atomic E-state index is 0. The monoisotopic (exact) mass is 314 g/mol. The molecule has 4 nitrogen and oxygen atoms in total. The minimum Gasteiger partial charge on any atom is -1.00 e. The largest absolute Gasteiger partial charge is 1.00 e. The molecule has 0 spiro atoms. The molecule has 10 heteroatoms. The SMILES string of the molecule is CC#N.CC#N.CC#N.CC#N.FB(F)F.[Cu+].[F-]. The summed E-state index contributed by atoms with van der Waals surface area (Å²) in [5.41, 5.74) is 0. The summed E-state index contributed by atoms with van der Waals surface area (Å²) in [5, 5.41) is 29.3. The van der Waals surface area contributed by atoms with Crippen LogP contribution >= 0.6 is 0 Å². The van der Waals surface area contributed by atoms with Gasteiger partial charge in [-0.15, -0.1) is 0 Å². The molecule has 0 aliphatic rings. The van der Waals surface area contributed by atoms with Crippen molar-refractivity contribution >= 4 is 7.54 Å². The number of rotatable bonds is 0. The van der Waals surface area contributed by atoms with Gasteiger partial charge in [-0.1, -0.05) is 0 Å². The van der Waals surface area contributed by atoms with E-state index in [1.807, 2.05) is 0 Å². The van der Waals surface area contributed by atoms with E-state index in [1.54, 1.807) is 24.3 Å². The van der Waals surface area contributed by atoms with Crippen LogP contribution in [-0.2, 0) is 17.1 Å². The van der Waals surface area contributed by atoms with Crippen LogP contribution in [0.4, 0.5) is 12.9 Å². The van der Waals surface area contributed by atoms with Gasteiger partial charge in [0.15, 0.2) is 0 Å². The van der Waals surface area contributed by atoms with E-state index in [9.17, 15) is 12.9 Å². The first-order valence-electron chi connectivity index (χ1n) is 3.55. The molecule has 0 N–H and O–H groups in total. The Morgan fingerprint density at radius 2 is 0.667 bits per heavy atom. The first-order valence-corrected chi connectivity index (χ1v) is 3.55. The van der Waals surface area contributed by atoms with Crippen molar-refractivity contribution in [2.75, 3.05) is 0 Å². The van der Waals surface area contributed by atoms with E-state index in [2.05, 4.69) is 0 Å². The number of nitrogens with zero attached hydrogens (tertiary/aromatic N) is 4. The molecule has 106 valence electrons. The average molecular weight is 315 g/mol. The quantitative estimate of drug-likeness (QED) is 0.464. The average Bonchev–Trinajstić information content (AvgIpc) is 2.06. The van der Waals surface area contributed by atoms with Crippen molar-refractivity contribution in [2.24, 2.45) is 0 Å². The molecule has 0 aromatic carbocycles. The Morgan fingerprint density at radius 1 is 0.667 bits per heavy atom. The summed E-state index contributed by atoms with van der Waals surface area (Å²) in [7, 11) is -3.67. The summed E-state index contributed by atoms with van der Waals surface area (Å²) < 4.78 is 29.0. The van der Waals surface area contributed by atoms with Crippen LogP contribution in [0.25, 0.3) is 0 Å². The van der Waals surface area contributed by atoms with Crippen LogP contribution in [0.5, 0.6) is 0 Å². The third-order valence-electron chi connectivity index (χ3n) is 0. The molecule has 0 heterocycles. The van der Waals surface area contributed by atoms with Crippen LogP contribution in [0.15, 0.2) is 0 Å². The Balaban J connectivity index is -0.0000000164. The molecule has 0 saturated heterocycles. The van der Waals surface area contributed by atoms with E-state index in [0.29, 0.717) is 0 Å². The van der Waals surface area contributed by atoms with Gasteiger partial charge in [0, 0.05) is 27.7 Å². The number of hydrogen-bond donors (Lipinski definition) is 0. The number of halogens is 4. The third-order valence-corrected chi connectivity index (χ3v) is 0. The predicted molar refractivity (Wildman–Crippen MR) is 54.2 cm³/mol. The van der Waals surface area contributed by atoms with Crippen LogP contribution in [0.1, 0.15) is 27.7 Å². The standard InChI is InChI=1S/4C2H3N.BF3.Cu.FH/c4*1-2-3;2-1(3)4;;/h4*1H3;;;1H/q;;;;;+1;/p-1. The van der Waals surface area contributed by atoms with E-state index in [0.717, 1.165) is 0 Å². The Kier molecular flexibility index (Phi) is 275. The van der Waals surface area contributed by atoms with E-state index >= 15 is 0 Å². The fourth-order valence-corrected chi connectivity index (χ4v) is 0. The maximum atomic E-state index is 9.67. The molecule has 0 rings (SSSR count). The first kappa shape index (κ1) is 44.2. The summed E-state index contributed by atoms with van der Waals surface area (Å²) in [5.74, 6) is 0. The first-order chi connectivity index (χ1) is 7.39. The summed E-state index contributed by atoms with van der Waals surface area (Å²) in [6.45, 7) is 5.72. The molecule has 0 amide bonds. The minimum atomic E-state index is -3.67. The molecule has 0 atom stereocenters. The van der Waals surface area contributed by atoms with Gasteiger partial charge in [0.2, 0.25) is 0 Å². The summed E-state index contributed by atoms with van der Waals surface area (Å²) in [6.07, 6.45) is 0. The van der Waals surface area contributed by atoms with Crippen molar-refractivity contribution in [2.45, 2.75) is 27.7 Å². The second-order valence-electron chi connectivity index (χ2n) is 1.14. The van der Waals surface area contributed by atoms with Crippen LogP contribution in [0.2, 0.25) is 0 Å². The summed E-state index contributed by atoms with van der Waals surface area (Å²) in [4.78, 5) is 0. The maximum Gasteiger partial charge on any atom is 1.00 e. The number of nitriles is 4. The molecule has 0 fully saturated rings. The summed E-state index contributed by atoms with van der Waals surface area (Å²) in [6, 6.07) is 7.00. The predicted octanol–water partition coefficient (Wildman–Crippen LogP) is 0.000820. The fraction of sp³-hybridized carbons (Fsp3) is 0.500. The van der Waals surface area contributed by atoms with E-state index in [4.69, 9.17) is 21.0 Å². The van der Waals surface area contributed by atoms with Gasteiger partial charge in [-0.2, -0.15) is 21.0 Å². The molecule has 0 aromatic rings. The van der Waals surface area contributed by atoms with Gasteiger partial charge in [-0.3, -0.25) is 12.9 Å². The van der Waals surface area contributed by atoms with Crippen molar-refractivity contribution in [1.29, 1.82) is 21.0 Å². The molecule has 0 unspecified atom stereocenters. The van der Waals surface area contributed by atoms with Gasteiger partial charge in [-0.05, 0) is 0 Å². The van der Waals surface area contributed by atoms with Crippen LogP contribution in [0, 0.1) is 45.3 Å². The molecule has 0 radical (unpaired) electrons. The Morgan fingerprint density at radius 3 is 0.667 bits per heavy atom. The Bertz CT molecular complexity index is 201. The Hall–Kier alpha value is -1.74. The smallest absolute Gasteiger partial charge is 1.00 e. The van der Waals surface area contributed by atoms with Crippen LogP contribution < -0.4 is 4.70 Å². The molecule has 0 aliphatic heterocycles. The second kappa shape index (κ2) is 112. The molecular weight excluding hydrogens is 302 g/mol. The number of hydrogen-bond acceptors (Lipinski definition) is 4. The second-order valence-corrected chi connectivity index (χ2v) is 1.14. The van der Waals surface area contributed by atoms with Crippen molar-refractivity contribution in [3.05, 3.63) is 0 Å². The molecule has 0 aromatic heterocycles. The zero-order chi connectivity index (χ0) is 14.4. The van der Waals surface area contributed by atoms with E-state index in [1.165, 1.54) is 27.7 Å². The fourth-order valence-electron chi connectivity index (χ4n) is 0. The summed E-state index contributed by atoms with van der Waals surface area (Å²) >= 11 is 0. The topological polar surface area (TPSA) is 95.2 Å². The van der Waals surface area contributed by atoms with Gasteiger partial charge in [0.1, 0.15) is 0 Å². The van der Waals surface area contributed by atoms with Crippen molar-refractivity contribution in [3.63, 3.8) is 0 Å². The molecule has 0 aliphatic carbocycles. The molecule has 0 saturated carbocycles. The maximum absolute atomic E-state index is 9.67. The van der Waals surface area contributed by atoms with Crippen molar-refractivity contribution < 1.29 is 34.7 Å². The van der Waals surface area contributed by atoms with Crippen LogP contribution in [0.3, 0.4) is 0 Å². The molecular formula is C8H12BCuF4N4. The molecule has 18 heavy (non-hydrogen) atoms. The van der Waals surface area contributed by atoms with Gasteiger partial charge >= 0.3 is 24.6 Å². The van der Waals surface area contributed by atoms with E-state index < -0.39 is 7.54 Å². The van der Waals surface area contributed by atoms with Gasteiger partial charge in [0.05, 0.1) is 24.3 Å². The zero-order valence-corrected chi connectivity index (χ0v) is 11.1. The third kappa shape index (κ3) is 833. The Labute approximate surface area is 116 Å². The van der Waals surface area contributed by atoms with Crippen molar-refractivity contribution in [3.8, 4) is 24.3 Å². The van der Waals surface area contributed by atoms with Crippen molar-refractivity contribution in [1.82, 2.24) is 0 Å². The van der Waals surface area contributed by atoms with Gasteiger partial charge in [-0.25, -0.2) is 0 Å². The normalized spacial score (nSPS) is 3.28. The van der Waals surface area contributed by atoms with Crippen LogP contribution in [-0.4, -0.2) is 7.54 Å². The zero-order valence-electron chi connectivity index (χ0n) is 10.2. The molecule has 0 bridgehead atoms. The van der Waals surface area contributed by atoms with Gasteiger partial charge in [0.25, 0.3) is 0 Å². The van der Waals surface area contributed by atoms with E-state index in [-0.39, 0.29) is 21.8 Å².